The maximum Gasteiger partial charge on any atom is 0.302 e. The first kappa shape index (κ1) is 43.1. The van der Waals surface area contributed by atoms with Gasteiger partial charge in [-0.3, -0.25) is 39.0 Å². The van der Waals surface area contributed by atoms with Crippen LogP contribution in [0.4, 0.5) is 0 Å². The van der Waals surface area contributed by atoms with E-state index in [2.05, 4.69) is 17.6 Å². The molecule has 15 nitrogen and oxygen atoms in total. The largest absolute Gasteiger partial charge is 0.508 e. The predicted octanol–water partition coefficient (Wildman–Crippen LogP) is 2.01. The van der Waals surface area contributed by atoms with Crippen LogP contribution in [0.5, 0.6) is 11.5 Å². The third kappa shape index (κ3) is 6.73. The SMILES string of the molecule is CC(=O)OC1CCC2C3C(COCCNCNC(=O)C4C(=O)C(N(C)C)C5C(O)C6C(C(=O)c7c(O)cccc7C6C)C(=O)C5(O)C4=O)Cc4cc(O)ccc4C3CCC12C. The van der Waals surface area contributed by atoms with Gasteiger partial charge < -0.3 is 35.2 Å². The minimum atomic E-state index is -3.04. The molecule has 4 fully saturated rings. The van der Waals surface area contributed by atoms with Crippen molar-refractivity contribution >= 4 is 35.0 Å². The average Bonchev–Trinajstić information content (AvgIpc) is 3.53. The summed E-state index contributed by atoms with van der Waals surface area (Å²) in [5, 5.41) is 50.5. The lowest BCUT2D eigenvalue weighted by Crippen LogP contribution is -2.77. The molecule has 14 atom stereocenters. The van der Waals surface area contributed by atoms with E-state index in [9.17, 15) is 49.2 Å². The number of carbonyl (C=O) groups is 6. The summed E-state index contributed by atoms with van der Waals surface area (Å²) in [6.45, 7) is 6.20. The van der Waals surface area contributed by atoms with Gasteiger partial charge in [0.25, 0.3) is 0 Å². The van der Waals surface area contributed by atoms with Crippen molar-refractivity contribution in [3.8, 4) is 11.5 Å². The van der Waals surface area contributed by atoms with Crippen molar-refractivity contribution in [3.05, 3.63) is 58.7 Å². The van der Waals surface area contributed by atoms with Crippen LogP contribution >= 0.6 is 0 Å². The van der Waals surface area contributed by atoms with Crippen molar-refractivity contribution in [1.29, 1.82) is 0 Å². The number of esters is 1. The van der Waals surface area contributed by atoms with Gasteiger partial charge in [0, 0.05) is 24.8 Å². The third-order valence-electron chi connectivity index (χ3n) is 15.6. The highest BCUT2D eigenvalue weighted by atomic mass is 16.5. The Bertz CT molecular complexity index is 2160. The minimum Gasteiger partial charge on any atom is -0.508 e. The zero-order valence-electron chi connectivity index (χ0n) is 35.3. The Morgan fingerprint density at radius 2 is 1.74 bits per heavy atom. The van der Waals surface area contributed by atoms with Crippen LogP contribution in [0.1, 0.15) is 85.3 Å². The first-order chi connectivity index (χ1) is 28.9. The van der Waals surface area contributed by atoms with Gasteiger partial charge in [-0.05, 0) is 111 Å². The number of nitrogens with one attached hydrogen (secondary N) is 2. The Kier molecular flexibility index (Phi) is 11.3. The Morgan fingerprint density at radius 3 is 2.46 bits per heavy atom. The van der Waals surface area contributed by atoms with Crippen LogP contribution < -0.4 is 10.6 Å². The van der Waals surface area contributed by atoms with Gasteiger partial charge in [-0.25, -0.2) is 0 Å². The monoisotopic (exact) mass is 843 g/mol. The number of hydrogen-bond donors (Lipinski definition) is 6. The summed E-state index contributed by atoms with van der Waals surface area (Å²) in [5.74, 6) is -12.0. The fourth-order valence-corrected chi connectivity index (χ4v) is 12.9. The summed E-state index contributed by atoms with van der Waals surface area (Å²) in [7, 11) is 2.97. The van der Waals surface area contributed by atoms with E-state index in [4.69, 9.17) is 9.47 Å². The van der Waals surface area contributed by atoms with Gasteiger partial charge in [0.2, 0.25) is 5.91 Å². The molecule has 6 aliphatic rings. The van der Waals surface area contributed by atoms with Crippen LogP contribution in [-0.2, 0) is 39.9 Å². The molecule has 6 N–H and O–H groups in total. The van der Waals surface area contributed by atoms with E-state index >= 15 is 0 Å². The van der Waals surface area contributed by atoms with Crippen molar-refractivity contribution in [2.24, 2.45) is 46.8 Å². The van der Waals surface area contributed by atoms with Gasteiger partial charge in [0.1, 0.15) is 17.6 Å². The van der Waals surface area contributed by atoms with E-state index in [1.807, 2.05) is 12.1 Å². The number of aliphatic hydroxyl groups excluding tert-OH is 1. The van der Waals surface area contributed by atoms with Gasteiger partial charge in [-0.15, -0.1) is 0 Å². The zero-order valence-corrected chi connectivity index (χ0v) is 35.3. The number of hydrogen-bond acceptors (Lipinski definition) is 14. The number of ether oxygens (including phenoxy) is 2. The summed E-state index contributed by atoms with van der Waals surface area (Å²) < 4.78 is 12.1. The molecule has 8 rings (SSSR count). The van der Waals surface area contributed by atoms with Crippen molar-refractivity contribution in [2.75, 3.05) is 40.5 Å². The van der Waals surface area contributed by atoms with E-state index < -0.39 is 76.4 Å². The number of carbonyl (C=O) groups excluding carboxylic acids is 6. The fourth-order valence-electron chi connectivity index (χ4n) is 12.9. The molecular weight excluding hydrogens is 787 g/mol. The van der Waals surface area contributed by atoms with Crippen molar-refractivity contribution in [2.45, 2.75) is 88.6 Å². The number of amides is 1. The quantitative estimate of drug-likeness (QED) is 0.0871. The highest BCUT2D eigenvalue weighted by molar-refractivity contribution is 6.32. The number of Topliss-reactive ketones (excluding diaryl/α,β-unsaturated/α-hetero) is 4. The molecule has 1 amide bonds. The van der Waals surface area contributed by atoms with E-state index in [1.54, 1.807) is 19.1 Å². The Labute approximate surface area is 354 Å². The van der Waals surface area contributed by atoms with Crippen LogP contribution in [-0.4, -0.2) is 125 Å². The molecule has 0 heterocycles. The average molecular weight is 844 g/mol. The molecule has 0 saturated heterocycles. The summed E-state index contributed by atoms with van der Waals surface area (Å²) in [4.78, 5) is 83.5. The molecule has 2 aromatic rings. The summed E-state index contributed by atoms with van der Waals surface area (Å²) >= 11 is 0. The van der Waals surface area contributed by atoms with E-state index in [0.717, 1.165) is 37.7 Å². The number of phenolic OH excluding ortho intramolecular Hbond substituents is 2. The highest BCUT2D eigenvalue weighted by Gasteiger charge is 2.73. The standard InChI is InChI=1S/C46H57N3O12/c1-21-26-7-6-8-30(52)34(26)39(53)35-32(21)40(54)37-38(49(4)5)41(55)36(43(57)46(37,59)42(35)56)44(58)48-20-47-15-16-60-19-24-17-23-18-25(51)9-10-27(23)28-13-14-45(3)29(33(24)28)11-12-31(45)61-22(2)50/h6-10,18,21,24,28-29,31-33,35-38,40,47,51-52,54,59H,11-17,19-20H2,1-5H3,(H,48,58). The van der Waals surface area contributed by atoms with Gasteiger partial charge in [-0.2, -0.15) is 0 Å². The molecule has 4 saturated carbocycles. The normalized spacial score (nSPS) is 37.5. The molecule has 0 aromatic heterocycles. The first-order valence-electron chi connectivity index (χ1n) is 21.5. The fraction of sp³-hybridized carbons (Fsp3) is 0.609. The molecule has 14 unspecified atom stereocenters. The Balaban J connectivity index is 0.914. The van der Waals surface area contributed by atoms with Gasteiger partial charge in [-0.1, -0.05) is 32.0 Å². The Morgan fingerprint density at radius 1 is 0.984 bits per heavy atom. The number of ketones is 4. The smallest absolute Gasteiger partial charge is 0.302 e. The van der Waals surface area contributed by atoms with Gasteiger partial charge in [0.15, 0.2) is 34.7 Å². The number of benzene rings is 2. The predicted molar refractivity (Wildman–Crippen MR) is 217 cm³/mol. The molecule has 6 aliphatic carbocycles. The van der Waals surface area contributed by atoms with Crippen LogP contribution in [0.25, 0.3) is 0 Å². The third-order valence-corrected chi connectivity index (χ3v) is 15.6. The van der Waals surface area contributed by atoms with Crippen LogP contribution in [0, 0.1) is 46.8 Å². The lowest BCUT2D eigenvalue weighted by atomic mass is 9.49. The number of nitrogens with zero attached hydrogens (tertiary/aromatic N) is 1. The molecule has 2 aromatic carbocycles. The first-order valence-corrected chi connectivity index (χ1v) is 21.5. The van der Waals surface area contributed by atoms with Crippen molar-refractivity contribution in [3.63, 3.8) is 0 Å². The molecule has 0 spiro atoms. The summed E-state index contributed by atoms with van der Waals surface area (Å²) in [5.41, 5.74) is -0.531. The number of aliphatic hydroxyl groups is 2. The topological polar surface area (TPSA) is 229 Å². The molecule has 0 bridgehead atoms. The zero-order chi connectivity index (χ0) is 43.9. The molecular formula is C46H57N3O12. The van der Waals surface area contributed by atoms with Gasteiger partial charge in [0.05, 0.1) is 49.4 Å². The molecule has 15 heteroatoms. The summed E-state index contributed by atoms with van der Waals surface area (Å²) in [6, 6.07) is 8.65. The summed E-state index contributed by atoms with van der Waals surface area (Å²) in [6.07, 6.45) is 2.58. The maximum absolute atomic E-state index is 14.3. The number of phenols is 2. The molecule has 0 aliphatic heterocycles. The highest BCUT2D eigenvalue weighted by Crippen LogP contribution is 2.63. The Hall–Kier alpha value is -4.54. The van der Waals surface area contributed by atoms with Crippen LogP contribution in [0.3, 0.4) is 0 Å². The van der Waals surface area contributed by atoms with Crippen molar-refractivity contribution < 1.29 is 58.7 Å². The second-order valence-electron chi connectivity index (χ2n) is 18.9. The number of rotatable bonds is 10. The molecule has 0 radical (unpaired) electrons. The van der Waals surface area contributed by atoms with Crippen LogP contribution in [0.2, 0.25) is 0 Å². The number of likely N-dealkylation sites (N-methyl/N-ethyl adjacent to an activating group) is 1. The number of fused-ring (bicyclic) bond motifs is 8. The molecule has 61 heavy (non-hydrogen) atoms. The lowest BCUT2D eigenvalue weighted by Gasteiger charge is -2.56. The van der Waals surface area contributed by atoms with E-state index in [1.165, 1.54) is 43.6 Å². The van der Waals surface area contributed by atoms with Crippen LogP contribution in [0.15, 0.2) is 36.4 Å². The number of aromatic hydroxyl groups is 2. The maximum atomic E-state index is 14.3. The van der Waals surface area contributed by atoms with Gasteiger partial charge >= 0.3 is 5.97 Å². The lowest BCUT2D eigenvalue weighted by molar-refractivity contribution is -0.197. The van der Waals surface area contributed by atoms with E-state index in [0.29, 0.717) is 24.0 Å². The molecule has 328 valence electrons. The second-order valence-corrected chi connectivity index (χ2v) is 18.9. The second kappa shape index (κ2) is 16.0. The van der Waals surface area contributed by atoms with Crippen molar-refractivity contribution in [1.82, 2.24) is 15.5 Å². The minimum absolute atomic E-state index is 0.125. The van der Waals surface area contributed by atoms with E-state index in [-0.39, 0.29) is 66.2 Å².